The monoisotopic (exact) mass is 394 g/mol. The highest BCUT2D eigenvalue weighted by Crippen LogP contribution is 2.37. The van der Waals surface area contributed by atoms with Gasteiger partial charge in [-0.2, -0.15) is 0 Å². The van der Waals surface area contributed by atoms with Crippen molar-refractivity contribution in [2.24, 2.45) is 0 Å². The molecule has 0 radical (unpaired) electrons. The molecule has 5 heteroatoms. The Hall–Kier alpha value is -2.53. The van der Waals surface area contributed by atoms with Gasteiger partial charge in [0.25, 0.3) is 0 Å². The van der Waals surface area contributed by atoms with Crippen molar-refractivity contribution in [1.29, 1.82) is 0 Å². The van der Waals surface area contributed by atoms with Crippen molar-refractivity contribution in [1.82, 2.24) is 10.2 Å². The second-order valence-electron chi connectivity index (χ2n) is 7.85. The first-order chi connectivity index (χ1) is 14.2. The number of hydrogen-bond acceptors (Lipinski definition) is 4. The highest BCUT2D eigenvalue weighted by atomic mass is 16.6. The molecular weight excluding hydrogens is 364 g/mol. The second kappa shape index (κ2) is 9.31. The van der Waals surface area contributed by atoms with Gasteiger partial charge < -0.3 is 14.8 Å². The topological polar surface area (TPSA) is 50.8 Å². The van der Waals surface area contributed by atoms with Crippen LogP contribution in [-0.4, -0.2) is 37.1 Å². The van der Waals surface area contributed by atoms with Crippen molar-refractivity contribution in [2.75, 3.05) is 26.3 Å². The number of carbonyl (C=O) groups excluding carboxylic acids is 1. The lowest BCUT2D eigenvalue weighted by Gasteiger charge is -2.27. The van der Waals surface area contributed by atoms with Gasteiger partial charge in [-0.05, 0) is 49.1 Å². The molecule has 2 unspecified atom stereocenters. The fourth-order valence-electron chi connectivity index (χ4n) is 4.38. The molecule has 2 atom stereocenters. The molecule has 0 bridgehead atoms. The molecule has 0 saturated carbocycles. The summed E-state index contributed by atoms with van der Waals surface area (Å²) in [6.45, 7) is 4.71. The summed E-state index contributed by atoms with van der Waals surface area (Å²) in [6, 6.07) is 16.8. The number of nitrogens with zero attached hydrogens (tertiary/aromatic N) is 1. The zero-order valence-electron chi connectivity index (χ0n) is 17.1. The second-order valence-corrected chi connectivity index (χ2v) is 7.85. The van der Waals surface area contributed by atoms with Crippen LogP contribution in [0.15, 0.2) is 48.5 Å². The molecular formula is C24H30N2O3. The Balaban J connectivity index is 1.42. The summed E-state index contributed by atoms with van der Waals surface area (Å²) in [4.78, 5) is 15.2. The molecule has 2 aromatic carbocycles. The lowest BCUT2D eigenvalue weighted by atomic mass is 10.0. The maximum absolute atomic E-state index is 12.9. The van der Waals surface area contributed by atoms with E-state index in [0.717, 1.165) is 43.7 Å². The van der Waals surface area contributed by atoms with Crippen molar-refractivity contribution in [3.05, 3.63) is 59.7 Å². The van der Waals surface area contributed by atoms with Crippen LogP contribution in [-0.2, 0) is 4.79 Å². The average molecular weight is 395 g/mol. The Morgan fingerprint density at radius 3 is 2.72 bits per heavy atom. The van der Waals surface area contributed by atoms with E-state index in [1.54, 1.807) is 0 Å². The Labute approximate surface area is 173 Å². The van der Waals surface area contributed by atoms with Crippen molar-refractivity contribution in [2.45, 2.75) is 44.7 Å². The minimum absolute atomic E-state index is 0.0732. The fourth-order valence-corrected chi connectivity index (χ4v) is 4.38. The first-order valence-electron chi connectivity index (χ1n) is 10.7. The summed E-state index contributed by atoms with van der Waals surface area (Å²) >= 11 is 0. The third kappa shape index (κ3) is 4.73. The molecule has 2 heterocycles. The van der Waals surface area contributed by atoms with Crippen molar-refractivity contribution in [3.63, 3.8) is 0 Å². The lowest BCUT2D eigenvalue weighted by molar-refractivity contribution is -0.123. The molecule has 2 aromatic rings. The molecule has 5 nitrogen and oxygen atoms in total. The maximum atomic E-state index is 12.9. The van der Waals surface area contributed by atoms with Gasteiger partial charge in [-0.15, -0.1) is 0 Å². The SMILES string of the molecule is CCCC(NC(=O)CN1CCCC1c1ccc2c(c1)OCCO2)c1ccccc1. The summed E-state index contributed by atoms with van der Waals surface area (Å²) < 4.78 is 11.4. The molecule has 0 aliphatic carbocycles. The predicted octanol–water partition coefficient (Wildman–Crippen LogP) is 4.25. The smallest absolute Gasteiger partial charge is 0.234 e. The van der Waals surface area contributed by atoms with Crippen LogP contribution in [0.2, 0.25) is 0 Å². The lowest BCUT2D eigenvalue weighted by Crippen LogP contribution is -2.38. The van der Waals surface area contributed by atoms with Crippen LogP contribution in [0.1, 0.15) is 55.8 Å². The number of likely N-dealkylation sites (tertiary alicyclic amines) is 1. The maximum Gasteiger partial charge on any atom is 0.234 e. The van der Waals surface area contributed by atoms with E-state index in [9.17, 15) is 4.79 Å². The number of fused-ring (bicyclic) bond motifs is 1. The first-order valence-corrected chi connectivity index (χ1v) is 10.7. The van der Waals surface area contributed by atoms with E-state index in [4.69, 9.17) is 9.47 Å². The predicted molar refractivity (Wildman–Crippen MR) is 113 cm³/mol. The number of amides is 1. The molecule has 1 saturated heterocycles. The third-order valence-electron chi connectivity index (χ3n) is 5.78. The number of rotatable bonds is 7. The summed E-state index contributed by atoms with van der Waals surface area (Å²) in [5, 5.41) is 3.26. The van der Waals surface area contributed by atoms with Crippen LogP contribution in [0, 0.1) is 0 Å². The minimum atomic E-state index is 0.0732. The van der Waals surface area contributed by atoms with Crippen LogP contribution >= 0.6 is 0 Å². The summed E-state index contributed by atoms with van der Waals surface area (Å²) in [5.41, 5.74) is 2.38. The van der Waals surface area contributed by atoms with E-state index < -0.39 is 0 Å². The molecule has 1 N–H and O–H groups in total. The van der Waals surface area contributed by atoms with Gasteiger partial charge in [0, 0.05) is 6.04 Å². The number of ether oxygens (including phenoxy) is 2. The summed E-state index contributed by atoms with van der Waals surface area (Å²) in [5.74, 6) is 1.72. The largest absolute Gasteiger partial charge is 0.486 e. The van der Waals surface area contributed by atoms with Gasteiger partial charge >= 0.3 is 0 Å². The summed E-state index contributed by atoms with van der Waals surface area (Å²) in [6.07, 6.45) is 4.14. The van der Waals surface area contributed by atoms with Crippen LogP contribution < -0.4 is 14.8 Å². The van der Waals surface area contributed by atoms with Crippen molar-refractivity contribution in [3.8, 4) is 11.5 Å². The van der Waals surface area contributed by atoms with Gasteiger partial charge in [0.15, 0.2) is 11.5 Å². The highest BCUT2D eigenvalue weighted by molar-refractivity contribution is 5.78. The Morgan fingerprint density at radius 2 is 1.93 bits per heavy atom. The number of benzene rings is 2. The van der Waals surface area contributed by atoms with E-state index >= 15 is 0 Å². The van der Waals surface area contributed by atoms with E-state index in [0.29, 0.717) is 19.8 Å². The zero-order valence-corrected chi connectivity index (χ0v) is 17.1. The van der Waals surface area contributed by atoms with Gasteiger partial charge in [-0.25, -0.2) is 0 Å². The molecule has 154 valence electrons. The van der Waals surface area contributed by atoms with E-state index in [2.05, 4.69) is 41.4 Å². The quantitative estimate of drug-likeness (QED) is 0.763. The van der Waals surface area contributed by atoms with Gasteiger partial charge in [0.1, 0.15) is 13.2 Å². The molecule has 2 aliphatic rings. The molecule has 0 aromatic heterocycles. The minimum Gasteiger partial charge on any atom is -0.486 e. The van der Waals surface area contributed by atoms with Gasteiger partial charge in [-0.1, -0.05) is 49.7 Å². The van der Waals surface area contributed by atoms with Gasteiger partial charge in [-0.3, -0.25) is 9.69 Å². The number of carbonyl (C=O) groups is 1. The molecule has 1 fully saturated rings. The van der Waals surface area contributed by atoms with E-state index in [-0.39, 0.29) is 18.0 Å². The normalized spacial score (nSPS) is 19.7. The third-order valence-corrected chi connectivity index (χ3v) is 5.78. The highest BCUT2D eigenvalue weighted by Gasteiger charge is 2.29. The molecule has 0 spiro atoms. The fraction of sp³-hybridized carbons (Fsp3) is 0.458. The molecule has 2 aliphatic heterocycles. The van der Waals surface area contributed by atoms with Gasteiger partial charge in [0.05, 0.1) is 12.6 Å². The van der Waals surface area contributed by atoms with Crippen LogP contribution in [0.3, 0.4) is 0 Å². The Morgan fingerprint density at radius 1 is 1.14 bits per heavy atom. The van der Waals surface area contributed by atoms with Crippen molar-refractivity contribution >= 4 is 5.91 Å². The van der Waals surface area contributed by atoms with Crippen molar-refractivity contribution < 1.29 is 14.3 Å². The van der Waals surface area contributed by atoms with Crippen LogP contribution in [0.5, 0.6) is 11.5 Å². The van der Waals surface area contributed by atoms with E-state index in [1.807, 2.05) is 24.3 Å². The van der Waals surface area contributed by atoms with Crippen LogP contribution in [0.4, 0.5) is 0 Å². The average Bonchev–Trinajstić information content (AvgIpc) is 3.21. The number of hydrogen-bond donors (Lipinski definition) is 1. The van der Waals surface area contributed by atoms with Crippen LogP contribution in [0.25, 0.3) is 0 Å². The molecule has 29 heavy (non-hydrogen) atoms. The summed E-state index contributed by atoms with van der Waals surface area (Å²) in [7, 11) is 0. The van der Waals surface area contributed by atoms with Gasteiger partial charge in [0.2, 0.25) is 5.91 Å². The Kier molecular flexibility index (Phi) is 6.35. The standard InChI is InChI=1S/C24H30N2O3/c1-2-7-20(18-8-4-3-5-9-18)25-24(27)17-26-13-6-10-21(26)19-11-12-22-23(16-19)29-15-14-28-22/h3-5,8-9,11-12,16,20-21H,2,6-7,10,13-15,17H2,1H3,(H,25,27). The Bertz CT molecular complexity index is 824. The molecule has 1 amide bonds. The number of nitrogens with one attached hydrogen (secondary N) is 1. The van der Waals surface area contributed by atoms with E-state index in [1.165, 1.54) is 11.1 Å². The first kappa shape index (κ1) is 19.8. The zero-order chi connectivity index (χ0) is 20.1. The molecule has 4 rings (SSSR count).